The van der Waals surface area contributed by atoms with E-state index in [9.17, 15) is 10.1 Å². The van der Waals surface area contributed by atoms with Crippen molar-refractivity contribution in [3.05, 3.63) is 94.7 Å². The van der Waals surface area contributed by atoms with E-state index in [4.69, 9.17) is 15.6 Å². The standard InChI is InChI=1S/C29H28N4O2/c1-4-18-10-12-19(13-11-18)27-22(17-33(32-27)20-8-6-5-7-9-20)25-21(16-30)28(31)35-24-15-29(2,3)14-23(34)26(24)25/h5-13,17,25H,4,14-15,31H2,1-3H3. The fourth-order valence-corrected chi connectivity index (χ4v) is 5.03. The lowest BCUT2D eigenvalue weighted by atomic mass is 9.70. The Morgan fingerprint density at radius 1 is 1.14 bits per heavy atom. The lowest BCUT2D eigenvalue weighted by Gasteiger charge is -2.37. The Labute approximate surface area is 205 Å². The maximum atomic E-state index is 13.5. The second-order valence-corrected chi connectivity index (χ2v) is 9.97. The number of aryl methyl sites for hydroxylation is 1. The molecular formula is C29H28N4O2. The monoisotopic (exact) mass is 464 g/mol. The van der Waals surface area contributed by atoms with E-state index in [1.54, 1.807) is 4.68 Å². The van der Waals surface area contributed by atoms with E-state index in [0.29, 0.717) is 29.9 Å². The lowest BCUT2D eigenvalue weighted by Crippen LogP contribution is -2.33. The van der Waals surface area contributed by atoms with E-state index in [-0.39, 0.29) is 22.7 Å². The Morgan fingerprint density at radius 2 is 1.86 bits per heavy atom. The highest BCUT2D eigenvalue weighted by atomic mass is 16.5. The van der Waals surface area contributed by atoms with Crippen molar-refractivity contribution in [2.75, 3.05) is 0 Å². The molecule has 35 heavy (non-hydrogen) atoms. The molecule has 6 heteroatoms. The summed E-state index contributed by atoms with van der Waals surface area (Å²) in [5.41, 5.74) is 11.3. The van der Waals surface area contributed by atoms with Gasteiger partial charge in [-0.25, -0.2) is 4.68 Å². The summed E-state index contributed by atoms with van der Waals surface area (Å²) in [5.74, 6) is -0.0270. The molecule has 2 N–H and O–H groups in total. The third-order valence-corrected chi connectivity index (χ3v) is 6.79. The van der Waals surface area contributed by atoms with Crippen molar-refractivity contribution in [3.63, 3.8) is 0 Å². The molecule has 0 saturated heterocycles. The van der Waals surface area contributed by atoms with Gasteiger partial charge in [-0.2, -0.15) is 10.4 Å². The number of para-hydroxylation sites is 1. The first-order valence-corrected chi connectivity index (χ1v) is 11.9. The Bertz CT molecular complexity index is 1400. The van der Waals surface area contributed by atoms with Gasteiger partial charge in [-0.3, -0.25) is 4.79 Å². The highest BCUT2D eigenvalue weighted by molar-refractivity contribution is 6.00. The summed E-state index contributed by atoms with van der Waals surface area (Å²) in [5, 5.41) is 15.0. The summed E-state index contributed by atoms with van der Waals surface area (Å²) in [6.45, 7) is 6.20. The number of hydrogen-bond acceptors (Lipinski definition) is 5. The van der Waals surface area contributed by atoms with Crippen LogP contribution in [0.1, 0.15) is 50.7 Å². The fraction of sp³-hybridized carbons (Fsp3) is 0.276. The minimum atomic E-state index is -0.634. The molecule has 0 spiro atoms. The van der Waals surface area contributed by atoms with Crippen LogP contribution in [0.2, 0.25) is 0 Å². The van der Waals surface area contributed by atoms with E-state index in [0.717, 1.165) is 23.2 Å². The smallest absolute Gasteiger partial charge is 0.205 e. The van der Waals surface area contributed by atoms with Crippen LogP contribution in [0.5, 0.6) is 0 Å². The number of nitriles is 1. The van der Waals surface area contributed by atoms with Gasteiger partial charge in [0.05, 0.1) is 17.3 Å². The van der Waals surface area contributed by atoms with Gasteiger partial charge < -0.3 is 10.5 Å². The van der Waals surface area contributed by atoms with E-state index < -0.39 is 5.92 Å². The minimum absolute atomic E-state index is 0.0127. The number of ether oxygens (including phenoxy) is 1. The van der Waals surface area contributed by atoms with Gasteiger partial charge in [0, 0.05) is 35.7 Å². The zero-order valence-corrected chi connectivity index (χ0v) is 20.2. The zero-order chi connectivity index (χ0) is 24.7. The molecule has 2 aliphatic rings. The predicted octanol–water partition coefficient (Wildman–Crippen LogP) is 5.55. The van der Waals surface area contributed by atoms with Gasteiger partial charge in [0.25, 0.3) is 0 Å². The van der Waals surface area contributed by atoms with Crippen LogP contribution in [0.4, 0.5) is 0 Å². The van der Waals surface area contributed by atoms with Crippen LogP contribution in [0, 0.1) is 16.7 Å². The van der Waals surface area contributed by atoms with Gasteiger partial charge >= 0.3 is 0 Å². The summed E-state index contributed by atoms with van der Waals surface area (Å²) < 4.78 is 7.69. The molecule has 0 bridgehead atoms. The van der Waals surface area contributed by atoms with E-state index >= 15 is 0 Å². The van der Waals surface area contributed by atoms with E-state index in [1.807, 2.05) is 62.5 Å². The molecule has 176 valence electrons. The lowest BCUT2D eigenvalue weighted by molar-refractivity contribution is -0.119. The Balaban J connectivity index is 1.75. The largest absolute Gasteiger partial charge is 0.444 e. The maximum Gasteiger partial charge on any atom is 0.205 e. The first kappa shape index (κ1) is 22.7. The normalized spacial score (nSPS) is 19.3. The molecule has 1 atom stereocenters. The van der Waals surface area contributed by atoms with Crippen LogP contribution in [0.15, 0.2) is 83.6 Å². The molecule has 1 aliphatic heterocycles. The number of nitrogens with zero attached hydrogens (tertiary/aromatic N) is 3. The van der Waals surface area contributed by atoms with Crippen LogP contribution < -0.4 is 5.73 Å². The van der Waals surface area contributed by atoms with Crippen molar-refractivity contribution >= 4 is 5.78 Å². The number of nitrogens with two attached hydrogens (primary N) is 1. The Morgan fingerprint density at radius 3 is 2.51 bits per heavy atom. The molecule has 0 amide bonds. The SMILES string of the molecule is CCc1ccc(-c2nn(-c3ccccc3)cc2C2C(C#N)=C(N)OC3=C2C(=O)CC(C)(C)C3)cc1. The van der Waals surface area contributed by atoms with Crippen LogP contribution in [-0.4, -0.2) is 15.6 Å². The third-order valence-electron chi connectivity index (χ3n) is 6.79. The molecule has 2 aromatic carbocycles. The first-order chi connectivity index (χ1) is 16.8. The molecule has 0 saturated carbocycles. The van der Waals surface area contributed by atoms with Crippen molar-refractivity contribution in [1.82, 2.24) is 9.78 Å². The van der Waals surface area contributed by atoms with Gasteiger partial charge in [-0.1, -0.05) is 63.2 Å². The second-order valence-electron chi connectivity index (χ2n) is 9.97. The number of carbonyl (C=O) groups excluding carboxylic acids is 1. The number of allylic oxidation sites excluding steroid dienone is 3. The van der Waals surface area contributed by atoms with Gasteiger partial charge in [-0.05, 0) is 29.5 Å². The summed E-state index contributed by atoms with van der Waals surface area (Å²) in [7, 11) is 0. The van der Waals surface area contributed by atoms with E-state index in [2.05, 4.69) is 25.1 Å². The number of aromatic nitrogens is 2. The maximum absolute atomic E-state index is 13.5. The average Bonchev–Trinajstić information content (AvgIpc) is 3.28. The Kier molecular flexibility index (Phi) is 5.56. The van der Waals surface area contributed by atoms with Gasteiger partial charge in [0.15, 0.2) is 5.78 Å². The van der Waals surface area contributed by atoms with Crippen molar-refractivity contribution in [3.8, 4) is 23.0 Å². The van der Waals surface area contributed by atoms with Crippen LogP contribution in [-0.2, 0) is 16.0 Å². The molecule has 3 aromatic rings. The summed E-state index contributed by atoms with van der Waals surface area (Å²) in [6.07, 6.45) is 3.82. The number of ketones is 1. The van der Waals surface area contributed by atoms with Crippen molar-refractivity contribution < 1.29 is 9.53 Å². The number of benzene rings is 2. The molecule has 2 heterocycles. The first-order valence-electron chi connectivity index (χ1n) is 11.9. The van der Waals surface area contributed by atoms with Crippen molar-refractivity contribution in [2.45, 2.75) is 46.0 Å². The van der Waals surface area contributed by atoms with Crippen LogP contribution >= 0.6 is 0 Å². The highest BCUT2D eigenvalue weighted by Crippen LogP contribution is 2.49. The summed E-state index contributed by atoms with van der Waals surface area (Å²) in [4.78, 5) is 13.5. The van der Waals surface area contributed by atoms with Gasteiger partial charge in [-0.15, -0.1) is 0 Å². The summed E-state index contributed by atoms with van der Waals surface area (Å²) >= 11 is 0. The number of Topliss-reactive ketones (excluding diaryl/α,β-unsaturated/α-hetero) is 1. The van der Waals surface area contributed by atoms with Gasteiger partial charge in [0.2, 0.25) is 5.88 Å². The molecule has 6 nitrogen and oxygen atoms in total. The number of carbonyl (C=O) groups is 1. The molecule has 0 fully saturated rings. The number of rotatable bonds is 4. The second kappa shape index (κ2) is 8.59. The van der Waals surface area contributed by atoms with Crippen LogP contribution in [0.25, 0.3) is 16.9 Å². The zero-order valence-electron chi connectivity index (χ0n) is 20.2. The van der Waals surface area contributed by atoms with Crippen LogP contribution in [0.3, 0.4) is 0 Å². The molecule has 1 unspecified atom stereocenters. The predicted molar refractivity (Wildman–Crippen MR) is 134 cm³/mol. The van der Waals surface area contributed by atoms with Crippen molar-refractivity contribution in [1.29, 1.82) is 5.26 Å². The van der Waals surface area contributed by atoms with Crippen molar-refractivity contribution in [2.24, 2.45) is 11.1 Å². The molecular weight excluding hydrogens is 436 g/mol. The molecule has 5 rings (SSSR count). The topological polar surface area (TPSA) is 93.9 Å². The summed E-state index contributed by atoms with van der Waals surface area (Å²) in [6, 6.07) is 20.3. The number of hydrogen-bond donors (Lipinski definition) is 1. The fourth-order valence-electron chi connectivity index (χ4n) is 5.03. The highest BCUT2D eigenvalue weighted by Gasteiger charge is 2.44. The van der Waals surface area contributed by atoms with Gasteiger partial charge in [0.1, 0.15) is 17.4 Å². The quantitative estimate of drug-likeness (QED) is 0.546. The molecule has 0 radical (unpaired) electrons. The minimum Gasteiger partial charge on any atom is -0.444 e. The molecule has 1 aromatic heterocycles. The average molecular weight is 465 g/mol. The molecule has 1 aliphatic carbocycles. The third kappa shape index (κ3) is 4.04. The van der Waals surface area contributed by atoms with E-state index in [1.165, 1.54) is 5.56 Å². The Hall–Kier alpha value is -4.11.